The van der Waals surface area contributed by atoms with E-state index < -0.39 is 23.3 Å². The van der Waals surface area contributed by atoms with Crippen LogP contribution in [0.15, 0.2) is 36.4 Å². The number of hydrogen-bond donors (Lipinski definition) is 1. The fraction of sp³-hybridized carbons (Fsp3) is 0.537. The van der Waals surface area contributed by atoms with Crippen LogP contribution in [-0.4, -0.2) is 106 Å². The molecule has 2 N–H and O–H groups in total. The first kappa shape index (κ1) is 39.0. The SMILES string of the molecule is CCOC(=O)CCCc1c(F)ccc2cc(OCOC)cc(-c3ccc4c(N5CCOCC(CCN)C5)nc(OC[C@@]56CCCN5C[C@H](F)C6)nc4c3F)c12. The molecule has 7 rings (SSSR count). The summed E-state index contributed by atoms with van der Waals surface area (Å²) in [6.45, 7) is 5.88. The van der Waals surface area contributed by atoms with Crippen molar-refractivity contribution >= 4 is 33.5 Å². The van der Waals surface area contributed by atoms with Crippen LogP contribution >= 0.6 is 0 Å². The number of halogens is 3. The van der Waals surface area contributed by atoms with Gasteiger partial charge in [0.25, 0.3) is 0 Å². The number of methoxy groups -OCH3 is 1. The number of fused-ring (bicyclic) bond motifs is 3. The third-order valence-corrected chi connectivity index (χ3v) is 11.1. The Bertz CT molecular complexity index is 2000. The molecule has 1 unspecified atom stereocenters. The van der Waals surface area contributed by atoms with E-state index in [1.54, 1.807) is 37.3 Å². The van der Waals surface area contributed by atoms with Crippen molar-refractivity contribution < 1.29 is 41.7 Å². The molecule has 14 heteroatoms. The van der Waals surface area contributed by atoms with Crippen LogP contribution in [0.2, 0.25) is 0 Å². The molecule has 3 atom stereocenters. The van der Waals surface area contributed by atoms with Crippen molar-refractivity contribution in [3.63, 3.8) is 0 Å². The molecule has 0 bridgehead atoms. The Hall–Kier alpha value is -4.24. The zero-order valence-corrected chi connectivity index (χ0v) is 31.6. The molecule has 3 fully saturated rings. The summed E-state index contributed by atoms with van der Waals surface area (Å²) in [5, 5.41) is 1.60. The van der Waals surface area contributed by atoms with E-state index in [0.717, 1.165) is 25.8 Å². The van der Waals surface area contributed by atoms with E-state index in [9.17, 15) is 9.18 Å². The Labute approximate surface area is 319 Å². The van der Waals surface area contributed by atoms with Crippen molar-refractivity contribution in [3.05, 3.63) is 53.6 Å². The third kappa shape index (κ3) is 8.33. The average molecular weight is 766 g/mol. The molecule has 0 radical (unpaired) electrons. The zero-order chi connectivity index (χ0) is 38.5. The number of nitrogens with two attached hydrogens (primary N) is 1. The number of benzene rings is 3. The number of alkyl halides is 1. The van der Waals surface area contributed by atoms with E-state index in [1.165, 1.54) is 13.2 Å². The van der Waals surface area contributed by atoms with Gasteiger partial charge in [-0.2, -0.15) is 9.97 Å². The molecule has 296 valence electrons. The van der Waals surface area contributed by atoms with Gasteiger partial charge < -0.3 is 34.3 Å². The summed E-state index contributed by atoms with van der Waals surface area (Å²) in [4.78, 5) is 26.0. The van der Waals surface area contributed by atoms with Crippen LogP contribution in [0, 0.1) is 17.6 Å². The fourth-order valence-corrected chi connectivity index (χ4v) is 8.57. The molecule has 3 saturated heterocycles. The van der Waals surface area contributed by atoms with Crippen molar-refractivity contribution in [2.45, 2.75) is 63.6 Å². The summed E-state index contributed by atoms with van der Waals surface area (Å²) >= 11 is 0. The minimum Gasteiger partial charge on any atom is -0.468 e. The van der Waals surface area contributed by atoms with E-state index in [0.29, 0.717) is 91.1 Å². The quantitative estimate of drug-likeness (QED) is 0.108. The number of esters is 1. The average Bonchev–Trinajstić information content (AvgIpc) is 3.59. The highest BCUT2D eigenvalue weighted by Gasteiger charge is 2.49. The normalized spacial score (nSPS) is 21.6. The van der Waals surface area contributed by atoms with Crippen molar-refractivity contribution in [2.75, 3.05) is 78.0 Å². The lowest BCUT2D eigenvalue weighted by Gasteiger charge is -2.31. The lowest BCUT2D eigenvalue weighted by Crippen LogP contribution is -2.43. The van der Waals surface area contributed by atoms with Crippen LogP contribution in [0.4, 0.5) is 19.0 Å². The summed E-state index contributed by atoms with van der Waals surface area (Å²) in [7, 11) is 1.50. The number of carbonyl (C=O) groups excluding carboxylic acids is 1. The molecule has 0 saturated carbocycles. The largest absolute Gasteiger partial charge is 0.468 e. The van der Waals surface area contributed by atoms with E-state index in [4.69, 9.17) is 34.4 Å². The number of aryl methyl sites for hydroxylation is 1. The maximum Gasteiger partial charge on any atom is 0.319 e. The van der Waals surface area contributed by atoms with Crippen LogP contribution < -0.4 is 20.1 Å². The summed E-state index contributed by atoms with van der Waals surface area (Å²) < 4.78 is 76.2. The standard InChI is InChI=1S/C41H50F3N5O6/c1-3-53-35(50)7-4-6-31-34(43)11-8-27-18-29(55-25-51-2)19-33(36(27)31)30-9-10-32-38(37(30)44)46-40(54-24-41-13-5-15-49(41)22-28(42)20-41)47-39(32)48-16-17-52-23-26(21-48)12-14-45/h8-11,18-19,26,28H,3-7,12-17,20-25,45H2,1-2H3/t26?,28-,41+/m1/s1. The molecule has 0 aliphatic carbocycles. The number of hydrogen-bond acceptors (Lipinski definition) is 11. The van der Waals surface area contributed by atoms with Gasteiger partial charge in [0.15, 0.2) is 12.6 Å². The van der Waals surface area contributed by atoms with E-state index in [-0.39, 0.29) is 61.8 Å². The zero-order valence-electron chi connectivity index (χ0n) is 31.6. The maximum atomic E-state index is 17.5. The van der Waals surface area contributed by atoms with Gasteiger partial charge in [-0.15, -0.1) is 0 Å². The highest BCUT2D eigenvalue weighted by atomic mass is 19.1. The smallest absolute Gasteiger partial charge is 0.319 e. The summed E-state index contributed by atoms with van der Waals surface area (Å²) in [5.74, 6) is -0.443. The first-order valence-electron chi connectivity index (χ1n) is 19.3. The van der Waals surface area contributed by atoms with Crippen molar-refractivity contribution in [2.24, 2.45) is 11.7 Å². The molecule has 11 nitrogen and oxygen atoms in total. The van der Waals surface area contributed by atoms with Gasteiger partial charge in [-0.05, 0) is 98.3 Å². The summed E-state index contributed by atoms with van der Waals surface area (Å²) in [5.41, 5.74) is 6.42. The molecule has 3 aromatic carbocycles. The predicted molar refractivity (Wildman–Crippen MR) is 203 cm³/mol. The number of nitrogens with zero attached hydrogens (tertiary/aromatic N) is 4. The Kier molecular flexibility index (Phi) is 12.3. The van der Waals surface area contributed by atoms with Crippen LogP contribution in [0.1, 0.15) is 51.0 Å². The van der Waals surface area contributed by atoms with E-state index >= 15 is 8.78 Å². The Balaban J connectivity index is 1.36. The topological polar surface area (TPSA) is 122 Å². The van der Waals surface area contributed by atoms with Gasteiger partial charge in [-0.25, -0.2) is 13.2 Å². The minimum absolute atomic E-state index is 0.00430. The van der Waals surface area contributed by atoms with Gasteiger partial charge in [-0.3, -0.25) is 9.69 Å². The van der Waals surface area contributed by atoms with Crippen LogP contribution in [-0.2, 0) is 25.4 Å². The summed E-state index contributed by atoms with van der Waals surface area (Å²) in [6, 6.07) is 9.87. The molecular weight excluding hydrogens is 715 g/mol. The lowest BCUT2D eigenvalue weighted by molar-refractivity contribution is -0.143. The molecule has 0 amide bonds. The molecule has 3 aliphatic rings. The summed E-state index contributed by atoms with van der Waals surface area (Å²) in [6.07, 6.45) is 2.57. The number of carbonyl (C=O) groups is 1. The first-order chi connectivity index (χ1) is 26.7. The van der Waals surface area contributed by atoms with Crippen molar-refractivity contribution in [3.8, 4) is 22.9 Å². The molecule has 4 aromatic rings. The Morgan fingerprint density at radius 1 is 1.09 bits per heavy atom. The monoisotopic (exact) mass is 765 g/mol. The van der Waals surface area contributed by atoms with Gasteiger partial charge >= 0.3 is 12.0 Å². The van der Waals surface area contributed by atoms with Crippen LogP contribution in [0.5, 0.6) is 11.8 Å². The lowest BCUT2D eigenvalue weighted by atomic mass is 9.91. The van der Waals surface area contributed by atoms with E-state index in [2.05, 4.69) is 14.8 Å². The number of ether oxygens (including phenoxy) is 5. The number of anilines is 1. The fourth-order valence-electron chi connectivity index (χ4n) is 8.57. The first-order valence-corrected chi connectivity index (χ1v) is 19.3. The molecule has 55 heavy (non-hydrogen) atoms. The molecule has 1 aromatic heterocycles. The second-order valence-electron chi connectivity index (χ2n) is 14.8. The molecular formula is C41H50F3N5O6. The van der Waals surface area contributed by atoms with Gasteiger partial charge in [0.2, 0.25) is 0 Å². The van der Waals surface area contributed by atoms with Crippen molar-refractivity contribution in [1.82, 2.24) is 14.9 Å². The second kappa shape index (κ2) is 17.3. The molecule has 4 heterocycles. The van der Waals surface area contributed by atoms with Gasteiger partial charge in [0.05, 0.1) is 25.4 Å². The minimum atomic E-state index is -0.938. The Morgan fingerprint density at radius 3 is 2.78 bits per heavy atom. The second-order valence-corrected chi connectivity index (χ2v) is 14.8. The third-order valence-electron chi connectivity index (χ3n) is 11.1. The highest BCUT2D eigenvalue weighted by Crippen LogP contribution is 2.43. The van der Waals surface area contributed by atoms with Crippen molar-refractivity contribution in [1.29, 1.82) is 0 Å². The van der Waals surface area contributed by atoms with Crippen LogP contribution in [0.25, 0.3) is 32.8 Å². The van der Waals surface area contributed by atoms with Gasteiger partial charge in [0.1, 0.15) is 35.7 Å². The molecule has 3 aliphatic heterocycles. The Morgan fingerprint density at radius 2 is 1.96 bits per heavy atom. The predicted octanol–water partition coefficient (Wildman–Crippen LogP) is 6.35. The van der Waals surface area contributed by atoms with E-state index in [1.807, 2.05) is 0 Å². The van der Waals surface area contributed by atoms with Gasteiger partial charge in [0, 0.05) is 56.5 Å². The van der Waals surface area contributed by atoms with Gasteiger partial charge in [-0.1, -0.05) is 12.1 Å². The van der Waals surface area contributed by atoms with Crippen LogP contribution in [0.3, 0.4) is 0 Å². The maximum absolute atomic E-state index is 17.5. The highest BCUT2D eigenvalue weighted by molar-refractivity contribution is 6.03. The molecule has 0 spiro atoms. The number of aromatic nitrogens is 2. The number of rotatable bonds is 15.